The number of carbonyl (C=O) groups excluding carboxylic acids is 1. The predicted octanol–water partition coefficient (Wildman–Crippen LogP) is 4.19. The van der Waals surface area contributed by atoms with Crippen LogP contribution in [0.25, 0.3) is 0 Å². The lowest BCUT2D eigenvalue weighted by molar-refractivity contribution is 0.0827. The molecular formula is C24H33IN4O2. The zero-order valence-electron chi connectivity index (χ0n) is 18.6. The van der Waals surface area contributed by atoms with Gasteiger partial charge in [0.1, 0.15) is 5.75 Å². The molecule has 0 atom stereocenters. The Kier molecular flexibility index (Phi) is 10.1. The topological polar surface area (TPSA) is 66.0 Å². The molecule has 2 aromatic carbocycles. The maximum Gasteiger partial charge on any atom is 0.253 e. The Balaban J connectivity index is 0.00000341. The number of nitrogens with one attached hydrogen (secondary N) is 2. The summed E-state index contributed by atoms with van der Waals surface area (Å²) < 4.78 is 6.22. The van der Waals surface area contributed by atoms with Gasteiger partial charge >= 0.3 is 0 Å². The van der Waals surface area contributed by atoms with Gasteiger partial charge in [-0.1, -0.05) is 30.3 Å². The van der Waals surface area contributed by atoms with Crippen molar-refractivity contribution in [1.82, 2.24) is 15.5 Å². The molecule has 0 bridgehead atoms. The monoisotopic (exact) mass is 536 g/mol. The van der Waals surface area contributed by atoms with Crippen molar-refractivity contribution in [2.45, 2.75) is 44.9 Å². The first-order valence-electron chi connectivity index (χ1n) is 10.6. The molecule has 6 nitrogen and oxygen atoms in total. The normalized spacial score (nSPS) is 14.0. The second kappa shape index (κ2) is 12.5. The predicted molar refractivity (Wildman–Crippen MR) is 136 cm³/mol. The third-order valence-corrected chi connectivity index (χ3v) is 5.31. The molecule has 0 aliphatic heterocycles. The fourth-order valence-corrected chi connectivity index (χ4v) is 3.56. The lowest BCUT2D eigenvalue weighted by atomic mass is 10.1. The van der Waals surface area contributed by atoms with Crippen molar-refractivity contribution in [3.63, 3.8) is 0 Å². The van der Waals surface area contributed by atoms with E-state index in [4.69, 9.17) is 4.74 Å². The van der Waals surface area contributed by atoms with Gasteiger partial charge < -0.3 is 20.3 Å². The van der Waals surface area contributed by atoms with Crippen LogP contribution < -0.4 is 15.4 Å². The summed E-state index contributed by atoms with van der Waals surface area (Å²) in [5.74, 6) is 1.68. The van der Waals surface area contributed by atoms with Crippen molar-refractivity contribution < 1.29 is 9.53 Å². The van der Waals surface area contributed by atoms with Gasteiger partial charge in [0.25, 0.3) is 5.91 Å². The van der Waals surface area contributed by atoms with Crippen molar-refractivity contribution >= 4 is 35.8 Å². The van der Waals surface area contributed by atoms with Crippen molar-refractivity contribution in [2.75, 3.05) is 21.1 Å². The summed E-state index contributed by atoms with van der Waals surface area (Å²) in [6.45, 7) is 1.26. The van der Waals surface area contributed by atoms with Gasteiger partial charge in [0.2, 0.25) is 0 Å². The average molecular weight is 536 g/mol. The van der Waals surface area contributed by atoms with E-state index in [1.165, 1.54) is 12.8 Å². The highest BCUT2D eigenvalue weighted by molar-refractivity contribution is 14.0. The lowest BCUT2D eigenvalue weighted by Gasteiger charge is -2.18. The third kappa shape index (κ3) is 7.41. The number of hydrogen-bond donors (Lipinski definition) is 2. The Morgan fingerprint density at radius 2 is 1.68 bits per heavy atom. The molecule has 7 heteroatoms. The number of guanidine groups is 1. The Labute approximate surface area is 202 Å². The molecule has 0 unspecified atom stereocenters. The number of nitrogens with zero attached hydrogens (tertiary/aromatic N) is 2. The van der Waals surface area contributed by atoms with Crippen LogP contribution in [0.2, 0.25) is 0 Å². The molecule has 2 N–H and O–H groups in total. The summed E-state index contributed by atoms with van der Waals surface area (Å²) in [6, 6.07) is 15.8. The van der Waals surface area contributed by atoms with Crippen molar-refractivity contribution in [2.24, 2.45) is 4.99 Å². The standard InChI is InChI=1S/C24H32N4O2.HI/c1-25-24(26-16-18-12-14-19(15-13-18)23(29)28(2)3)27-17-20-8-4-7-11-22(20)30-21-9-5-6-10-21;/h4,7-8,11-15,21H,5-6,9-10,16-17H2,1-3H3,(H2,25,26,27);1H. The van der Waals surface area contributed by atoms with Crippen LogP contribution in [0.15, 0.2) is 53.5 Å². The number of benzene rings is 2. The molecule has 0 heterocycles. The van der Waals surface area contributed by atoms with Crippen molar-refractivity contribution in [1.29, 1.82) is 0 Å². The molecule has 0 aromatic heterocycles. The van der Waals surface area contributed by atoms with E-state index in [0.29, 0.717) is 24.8 Å². The zero-order valence-corrected chi connectivity index (χ0v) is 20.9. The van der Waals surface area contributed by atoms with E-state index in [0.717, 1.165) is 35.7 Å². The number of rotatable bonds is 7. The zero-order chi connectivity index (χ0) is 21.3. The van der Waals surface area contributed by atoms with Gasteiger partial charge in [-0.3, -0.25) is 9.79 Å². The van der Waals surface area contributed by atoms with Gasteiger partial charge in [-0.05, 0) is 49.4 Å². The first-order valence-corrected chi connectivity index (χ1v) is 10.6. The molecule has 31 heavy (non-hydrogen) atoms. The van der Waals surface area contributed by atoms with E-state index in [2.05, 4.69) is 21.7 Å². The molecule has 1 saturated carbocycles. The van der Waals surface area contributed by atoms with Crippen molar-refractivity contribution in [3.05, 3.63) is 65.2 Å². The van der Waals surface area contributed by atoms with Crippen LogP contribution in [0.3, 0.4) is 0 Å². The number of hydrogen-bond acceptors (Lipinski definition) is 3. The SMILES string of the molecule is CN=C(NCc1ccc(C(=O)N(C)C)cc1)NCc1ccccc1OC1CCCC1.I. The highest BCUT2D eigenvalue weighted by atomic mass is 127. The highest BCUT2D eigenvalue weighted by Gasteiger charge is 2.17. The Morgan fingerprint density at radius 3 is 2.32 bits per heavy atom. The maximum absolute atomic E-state index is 12.0. The van der Waals surface area contributed by atoms with Crippen LogP contribution >= 0.6 is 24.0 Å². The molecule has 1 amide bonds. The quantitative estimate of drug-likeness (QED) is 0.317. The number of amides is 1. The van der Waals surface area contributed by atoms with E-state index >= 15 is 0 Å². The summed E-state index contributed by atoms with van der Waals surface area (Å²) in [4.78, 5) is 17.9. The second-order valence-electron chi connectivity index (χ2n) is 7.81. The Hall–Kier alpha value is -2.29. The van der Waals surface area contributed by atoms with Gasteiger partial charge in [0.05, 0.1) is 6.10 Å². The van der Waals surface area contributed by atoms with E-state index < -0.39 is 0 Å². The van der Waals surface area contributed by atoms with E-state index in [9.17, 15) is 4.79 Å². The number of para-hydroxylation sites is 1. The van der Waals surface area contributed by atoms with Crippen molar-refractivity contribution in [3.8, 4) is 5.75 Å². The van der Waals surface area contributed by atoms with Crippen LogP contribution in [0.4, 0.5) is 0 Å². The van der Waals surface area contributed by atoms with Crippen LogP contribution in [-0.4, -0.2) is 44.0 Å². The number of ether oxygens (including phenoxy) is 1. The summed E-state index contributed by atoms with van der Waals surface area (Å²) in [5, 5.41) is 6.69. The first kappa shape index (κ1) is 25.0. The summed E-state index contributed by atoms with van der Waals surface area (Å²) in [7, 11) is 5.27. The average Bonchev–Trinajstić information content (AvgIpc) is 3.28. The minimum atomic E-state index is 0. The molecule has 3 rings (SSSR count). The fourth-order valence-electron chi connectivity index (χ4n) is 3.56. The van der Waals surface area contributed by atoms with Gasteiger partial charge in [0.15, 0.2) is 5.96 Å². The van der Waals surface area contributed by atoms with E-state index in [1.807, 2.05) is 42.5 Å². The number of carbonyl (C=O) groups is 1. The van der Waals surface area contributed by atoms with E-state index in [1.54, 1.807) is 26.0 Å². The molecule has 0 spiro atoms. The highest BCUT2D eigenvalue weighted by Crippen LogP contribution is 2.26. The van der Waals surface area contributed by atoms with Crippen LogP contribution in [0.5, 0.6) is 5.75 Å². The third-order valence-electron chi connectivity index (χ3n) is 5.31. The van der Waals surface area contributed by atoms with Gasteiger partial charge in [-0.15, -0.1) is 24.0 Å². The summed E-state index contributed by atoms with van der Waals surface area (Å²) >= 11 is 0. The molecule has 1 fully saturated rings. The smallest absolute Gasteiger partial charge is 0.253 e. The number of aliphatic imine (C=N–C) groups is 1. The number of halogens is 1. The minimum absolute atomic E-state index is 0. The minimum Gasteiger partial charge on any atom is -0.490 e. The molecule has 0 radical (unpaired) electrons. The fraction of sp³-hybridized carbons (Fsp3) is 0.417. The first-order chi connectivity index (χ1) is 14.6. The molecule has 1 aliphatic rings. The summed E-state index contributed by atoms with van der Waals surface area (Å²) in [5.41, 5.74) is 2.89. The second-order valence-corrected chi connectivity index (χ2v) is 7.81. The molecular weight excluding hydrogens is 503 g/mol. The van der Waals surface area contributed by atoms with Gasteiger partial charge in [-0.2, -0.15) is 0 Å². The largest absolute Gasteiger partial charge is 0.490 e. The Bertz CT molecular complexity index is 862. The van der Waals surface area contributed by atoms with Crippen LogP contribution in [0.1, 0.15) is 47.2 Å². The lowest BCUT2D eigenvalue weighted by Crippen LogP contribution is -2.36. The van der Waals surface area contributed by atoms with Gasteiger partial charge in [0, 0.05) is 45.4 Å². The molecule has 0 saturated heterocycles. The maximum atomic E-state index is 12.0. The van der Waals surface area contributed by atoms with Crippen LogP contribution in [0, 0.1) is 0 Å². The molecule has 2 aromatic rings. The van der Waals surface area contributed by atoms with Gasteiger partial charge in [-0.25, -0.2) is 0 Å². The molecule has 168 valence electrons. The summed E-state index contributed by atoms with van der Waals surface area (Å²) in [6.07, 6.45) is 5.14. The molecule has 1 aliphatic carbocycles. The van der Waals surface area contributed by atoms with E-state index in [-0.39, 0.29) is 29.9 Å². The van der Waals surface area contributed by atoms with Crippen LogP contribution in [-0.2, 0) is 13.1 Å². The Morgan fingerprint density at radius 1 is 1.03 bits per heavy atom.